The normalized spacial score (nSPS) is 18.2. The van der Waals surface area contributed by atoms with Gasteiger partial charge in [-0.1, -0.05) is 19.1 Å². The molecule has 4 heteroatoms. The van der Waals surface area contributed by atoms with Crippen molar-refractivity contribution in [3.63, 3.8) is 0 Å². The molecule has 0 amide bonds. The second kappa shape index (κ2) is 10.4. The summed E-state index contributed by atoms with van der Waals surface area (Å²) in [7, 11) is 3.42. The van der Waals surface area contributed by atoms with E-state index >= 15 is 0 Å². The fraction of sp³-hybridized carbons (Fsp3) is 0.556. The second-order valence-electron chi connectivity index (χ2n) is 8.91. The van der Waals surface area contributed by atoms with Gasteiger partial charge in [0.15, 0.2) is 11.5 Å². The molecule has 0 bridgehead atoms. The van der Waals surface area contributed by atoms with Gasteiger partial charge < -0.3 is 14.2 Å². The maximum absolute atomic E-state index is 6.04. The Balaban J connectivity index is 1.35. The number of benzene rings is 2. The van der Waals surface area contributed by atoms with Crippen LogP contribution in [0.25, 0.3) is 0 Å². The van der Waals surface area contributed by atoms with Gasteiger partial charge in [-0.2, -0.15) is 0 Å². The summed E-state index contributed by atoms with van der Waals surface area (Å²) in [6.45, 7) is 6.27. The highest BCUT2D eigenvalue weighted by atomic mass is 16.5. The SMILES string of the molecule is CCCOc1cccc2c1CCCC2CCCN1CCc2cc(OC)c(OC)cc2C1. The van der Waals surface area contributed by atoms with Crippen molar-refractivity contribution in [2.75, 3.05) is 33.9 Å². The van der Waals surface area contributed by atoms with Crippen LogP contribution >= 0.6 is 0 Å². The zero-order valence-electron chi connectivity index (χ0n) is 19.4. The van der Waals surface area contributed by atoms with Gasteiger partial charge in [0.2, 0.25) is 0 Å². The molecule has 4 rings (SSSR count). The standard InChI is InChI=1S/C27H37NO3/c1-4-16-31-25-12-6-10-23-20(8-5-11-24(23)25)9-7-14-28-15-13-21-17-26(29-2)27(30-3)18-22(21)19-28/h6,10,12,17-18,20H,4-5,7-9,11,13-16,19H2,1-3H3. The zero-order chi connectivity index (χ0) is 21.6. The molecule has 0 spiro atoms. The number of ether oxygens (including phenoxy) is 3. The maximum Gasteiger partial charge on any atom is 0.161 e. The fourth-order valence-corrected chi connectivity index (χ4v) is 5.25. The summed E-state index contributed by atoms with van der Waals surface area (Å²) in [6, 6.07) is 11.0. The summed E-state index contributed by atoms with van der Waals surface area (Å²) in [6.07, 6.45) is 8.41. The van der Waals surface area contributed by atoms with E-state index in [4.69, 9.17) is 14.2 Å². The van der Waals surface area contributed by atoms with Gasteiger partial charge in [0.1, 0.15) is 5.75 Å². The Kier molecular flexibility index (Phi) is 7.39. The minimum absolute atomic E-state index is 0.676. The largest absolute Gasteiger partial charge is 0.493 e. The van der Waals surface area contributed by atoms with Gasteiger partial charge in [0.05, 0.1) is 20.8 Å². The smallest absolute Gasteiger partial charge is 0.161 e. The van der Waals surface area contributed by atoms with Crippen LogP contribution in [0.15, 0.2) is 30.3 Å². The molecule has 1 heterocycles. The van der Waals surface area contributed by atoms with Crippen LogP contribution in [0.1, 0.15) is 67.2 Å². The molecule has 0 aromatic heterocycles. The Hall–Kier alpha value is -2.20. The molecular weight excluding hydrogens is 386 g/mol. The van der Waals surface area contributed by atoms with Gasteiger partial charge in [0, 0.05) is 13.1 Å². The molecule has 2 aromatic rings. The van der Waals surface area contributed by atoms with Crippen molar-refractivity contribution >= 4 is 0 Å². The van der Waals surface area contributed by atoms with E-state index in [1.54, 1.807) is 19.8 Å². The monoisotopic (exact) mass is 423 g/mol. The summed E-state index contributed by atoms with van der Waals surface area (Å²) >= 11 is 0. The van der Waals surface area contributed by atoms with Crippen molar-refractivity contribution < 1.29 is 14.2 Å². The lowest BCUT2D eigenvalue weighted by Crippen LogP contribution is -2.31. The van der Waals surface area contributed by atoms with Gasteiger partial charge in [-0.3, -0.25) is 4.90 Å². The molecule has 168 valence electrons. The number of rotatable bonds is 9. The molecule has 0 saturated heterocycles. The highest BCUT2D eigenvalue weighted by Gasteiger charge is 2.24. The number of hydrogen-bond donors (Lipinski definition) is 0. The van der Waals surface area contributed by atoms with Crippen LogP contribution in [-0.4, -0.2) is 38.8 Å². The molecule has 1 aliphatic heterocycles. The summed E-state index contributed by atoms with van der Waals surface area (Å²) in [5.41, 5.74) is 5.79. The Morgan fingerprint density at radius 3 is 2.58 bits per heavy atom. The second-order valence-corrected chi connectivity index (χ2v) is 8.91. The molecular formula is C27H37NO3. The summed E-state index contributed by atoms with van der Waals surface area (Å²) in [5, 5.41) is 0. The van der Waals surface area contributed by atoms with Crippen LogP contribution in [0, 0.1) is 0 Å². The van der Waals surface area contributed by atoms with Gasteiger partial charge in [-0.05, 0) is 97.9 Å². The topological polar surface area (TPSA) is 30.9 Å². The third-order valence-electron chi connectivity index (χ3n) is 6.87. The quantitative estimate of drug-likeness (QED) is 0.514. The molecule has 0 radical (unpaired) electrons. The van der Waals surface area contributed by atoms with Gasteiger partial charge >= 0.3 is 0 Å². The van der Waals surface area contributed by atoms with Crippen molar-refractivity contribution in [3.8, 4) is 17.2 Å². The van der Waals surface area contributed by atoms with E-state index < -0.39 is 0 Å². The summed E-state index contributed by atoms with van der Waals surface area (Å²) in [5.74, 6) is 3.48. The molecule has 0 saturated carbocycles. The molecule has 1 atom stereocenters. The van der Waals surface area contributed by atoms with Crippen molar-refractivity contribution in [3.05, 3.63) is 52.6 Å². The van der Waals surface area contributed by atoms with Crippen molar-refractivity contribution in [2.24, 2.45) is 0 Å². The number of hydrogen-bond acceptors (Lipinski definition) is 4. The van der Waals surface area contributed by atoms with Gasteiger partial charge in [-0.25, -0.2) is 0 Å². The zero-order valence-corrected chi connectivity index (χ0v) is 19.4. The van der Waals surface area contributed by atoms with E-state index in [0.29, 0.717) is 5.92 Å². The van der Waals surface area contributed by atoms with Crippen LogP contribution in [-0.2, 0) is 19.4 Å². The lowest BCUT2D eigenvalue weighted by atomic mass is 9.80. The number of nitrogens with zero attached hydrogens (tertiary/aromatic N) is 1. The molecule has 4 nitrogen and oxygen atoms in total. The average molecular weight is 424 g/mol. The minimum atomic E-state index is 0.676. The third-order valence-corrected chi connectivity index (χ3v) is 6.87. The predicted octanol–water partition coefficient (Wildman–Crippen LogP) is 5.75. The number of fused-ring (bicyclic) bond motifs is 2. The number of methoxy groups -OCH3 is 2. The average Bonchev–Trinajstić information content (AvgIpc) is 2.81. The van der Waals surface area contributed by atoms with Crippen LogP contribution in [0.3, 0.4) is 0 Å². The minimum Gasteiger partial charge on any atom is -0.493 e. The highest BCUT2D eigenvalue weighted by Crippen LogP contribution is 2.39. The Morgan fingerprint density at radius 1 is 1.00 bits per heavy atom. The molecule has 31 heavy (non-hydrogen) atoms. The lowest BCUT2D eigenvalue weighted by Gasteiger charge is -2.31. The molecule has 0 fully saturated rings. The molecule has 0 N–H and O–H groups in total. The maximum atomic E-state index is 6.04. The molecule has 1 unspecified atom stereocenters. The van der Waals surface area contributed by atoms with E-state index in [1.807, 2.05) is 0 Å². The lowest BCUT2D eigenvalue weighted by molar-refractivity contribution is 0.243. The third kappa shape index (κ3) is 5.01. The fourth-order valence-electron chi connectivity index (χ4n) is 5.25. The predicted molar refractivity (Wildman–Crippen MR) is 126 cm³/mol. The van der Waals surface area contributed by atoms with Crippen molar-refractivity contribution in [1.29, 1.82) is 0 Å². The molecule has 2 aromatic carbocycles. The van der Waals surface area contributed by atoms with E-state index in [-0.39, 0.29) is 0 Å². The summed E-state index contributed by atoms with van der Waals surface area (Å²) < 4.78 is 17.0. The Bertz CT molecular complexity index is 879. The van der Waals surface area contributed by atoms with Gasteiger partial charge in [0.25, 0.3) is 0 Å². The first-order chi connectivity index (χ1) is 15.2. The Labute approximate surface area is 187 Å². The highest BCUT2D eigenvalue weighted by molar-refractivity contribution is 5.48. The van der Waals surface area contributed by atoms with Crippen molar-refractivity contribution in [1.82, 2.24) is 4.90 Å². The van der Waals surface area contributed by atoms with Crippen LogP contribution in [0.2, 0.25) is 0 Å². The van der Waals surface area contributed by atoms with Crippen LogP contribution in [0.5, 0.6) is 17.2 Å². The van der Waals surface area contributed by atoms with E-state index in [0.717, 1.165) is 56.3 Å². The van der Waals surface area contributed by atoms with E-state index in [1.165, 1.54) is 48.8 Å². The molecule has 2 aliphatic rings. The Morgan fingerprint density at radius 2 is 1.81 bits per heavy atom. The first-order valence-electron chi connectivity index (χ1n) is 11.9. The van der Waals surface area contributed by atoms with E-state index in [9.17, 15) is 0 Å². The first-order valence-corrected chi connectivity index (χ1v) is 11.9. The van der Waals surface area contributed by atoms with Crippen LogP contribution < -0.4 is 14.2 Å². The van der Waals surface area contributed by atoms with E-state index in [2.05, 4.69) is 42.2 Å². The summed E-state index contributed by atoms with van der Waals surface area (Å²) in [4.78, 5) is 2.60. The van der Waals surface area contributed by atoms with Crippen molar-refractivity contribution in [2.45, 2.75) is 64.3 Å². The van der Waals surface area contributed by atoms with Crippen LogP contribution in [0.4, 0.5) is 0 Å². The van der Waals surface area contributed by atoms with Gasteiger partial charge in [-0.15, -0.1) is 0 Å². The molecule has 1 aliphatic carbocycles. The first kappa shape index (κ1) is 22.0.